The van der Waals surface area contributed by atoms with Gasteiger partial charge in [-0.15, -0.1) is 0 Å². The minimum absolute atomic E-state index is 0.0202. The van der Waals surface area contributed by atoms with Crippen LogP contribution in [0.4, 0.5) is 23.3 Å². The van der Waals surface area contributed by atoms with Crippen LogP contribution in [-0.4, -0.2) is 27.4 Å². The van der Waals surface area contributed by atoms with Crippen molar-refractivity contribution in [3.8, 4) is 33.4 Å². The quantitative estimate of drug-likeness (QED) is 0.105. The number of furan rings is 3. The maximum atomic E-state index is 9.26. The molecule has 1 fully saturated rings. The predicted molar refractivity (Wildman–Crippen MR) is 473 cm³/mol. The molecule has 11 heterocycles. The van der Waals surface area contributed by atoms with E-state index in [9.17, 15) is 2.74 Å². The van der Waals surface area contributed by atoms with Crippen molar-refractivity contribution in [3.63, 3.8) is 0 Å². The van der Waals surface area contributed by atoms with Crippen LogP contribution in [0, 0.1) is 19.8 Å². The van der Waals surface area contributed by atoms with E-state index in [2.05, 4.69) is 289 Å². The van der Waals surface area contributed by atoms with Gasteiger partial charge >= 0.3 is 27.4 Å². The molecule has 7 aromatic heterocycles. The summed E-state index contributed by atoms with van der Waals surface area (Å²) in [5.41, 5.74) is 17.6. The van der Waals surface area contributed by atoms with Crippen molar-refractivity contribution in [1.29, 1.82) is 0 Å². The van der Waals surface area contributed by atoms with E-state index in [0.29, 0.717) is 11.0 Å². The van der Waals surface area contributed by atoms with Crippen molar-refractivity contribution in [1.82, 2.24) is 0 Å². The van der Waals surface area contributed by atoms with Crippen LogP contribution in [0.5, 0.6) is 0 Å². The average molecular weight is 1480 g/mol. The standard InChI is InChI=1S/C27H32BN2.2C24H22BN2O.C23H20BN2O/c1-20-24-14-8-7-13-22(24)19-30(28(20)2)27-18-23(17-21-11-5-4-6-12-21)25-15-9-10-16-26(25)29(27)3;1-17-15-26(3)24(13-20(17)18-9-5-4-6-10-18)27-16-23-21(14-25(27)2)19-11-7-8-12-22(19)28-23;1-17-13-24(26(3)15-21(17)18-9-5-4-6-10-18)27-16-23-20(14-25(27)2)19-11-7-8-12-22(19)28-23;1-24-15-20-19-10-6-7-11-21(19)27-22(20)16-26(24)23-14-18(12-13-25(23)2)17-8-4-3-5-9-17/h7-10,13-16,18-19,21H,4-6,11-12,17H2,1-3H3;2*4-16H,1-3H3;3-16H,1-2H3/q4*+1/i1D3,17D2;;;. The highest BCUT2D eigenvalue weighted by Crippen LogP contribution is 2.34. The number of anilines is 4. The highest BCUT2D eigenvalue weighted by molar-refractivity contribution is 6.80. The van der Waals surface area contributed by atoms with E-state index < -0.39 is 20.1 Å². The molecular formula is C98H96B4N8O3+4. The molecular weight excluding hydrogens is 1380 g/mol. The lowest BCUT2D eigenvalue weighted by atomic mass is 9.55. The van der Waals surface area contributed by atoms with Gasteiger partial charge in [-0.05, 0) is 146 Å². The molecule has 20 rings (SSSR count). The van der Waals surface area contributed by atoms with Crippen LogP contribution in [0.1, 0.15) is 62.5 Å². The molecule has 0 amide bonds. The molecule has 554 valence electrons. The summed E-state index contributed by atoms with van der Waals surface area (Å²) in [5, 5.41) is 9.66. The molecule has 0 N–H and O–H groups in total. The van der Waals surface area contributed by atoms with Crippen molar-refractivity contribution in [2.45, 2.75) is 86.5 Å². The van der Waals surface area contributed by atoms with E-state index in [1.807, 2.05) is 122 Å². The molecule has 4 aliphatic heterocycles. The molecule has 0 bridgehead atoms. The summed E-state index contributed by atoms with van der Waals surface area (Å²) in [5.74, 6) is 11.1. The third-order valence-corrected chi connectivity index (χ3v) is 23.2. The minimum Gasteiger partial charge on any atom is -0.452 e. The minimum atomic E-state index is -2.24. The number of fused-ring (bicyclic) bond motifs is 11. The predicted octanol–water partition coefficient (Wildman–Crippen LogP) is 14.4. The second kappa shape index (κ2) is 31.4. The summed E-state index contributed by atoms with van der Waals surface area (Å²) < 4.78 is 70.4. The van der Waals surface area contributed by atoms with Gasteiger partial charge in [0, 0.05) is 79.1 Å². The van der Waals surface area contributed by atoms with Gasteiger partial charge in [-0.2, -0.15) is 0 Å². The number of pyridine rings is 4. The molecule has 1 saturated carbocycles. The van der Waals surface area contributed by atoms with Crippen molar-refractivity contribution in [3.05, 3.63) is 320 Å². The highest BCUT2D eigenvalue weighted by Gasteiger charge is 2.36. The van der Waals surface area contributed by atoms with Gasteiger partial charge in [-0.25, -0.2) is 18.3 Å². The Labute approximate surface area is 670 Å². The first-order chi connectivity index (χ1) is 57.0. The van der Waals surface area contributed by atoms with Crippen LogP contribution in [-0.2, 0) is 34.6 Å². The smallest absolute Gasteiger partial charge is 0.405 e. The molecule has 0 unspecified atom stereocenters. The molecule has 0 atom stereocenters. The van der Waals surface area contributed by atoms with E-state index in [0.717, 1.165) is 103 Å². The molecule has 113 heavy (non-hydrogen) atoms. The number of hydrogen-bond donors (Lipinski definition) is 0. The molecule has 11 nitrogen and oxygen atoms in total. The lowest BCUT2D eigenvalue weighted by Gasteiger charge is -2.26. The third-order valence-electron chi connectivity index (χ3n) is 23.2. The van der Waals surface area contributed by atoms with Gasteiger partial charge in [0.1, 0.15) is 40.9 Å². The second-order valence-electron chi connectivity index (χ2n) is 30.8. The molecule has 0 saturated heterocycles. The Morgan fingerprint density at radius 1 is 0.416 bits per heavy atom. The van der Waals surface area contributed by atoms with Crippen LogP contribution in [0.25, 0.3) is 125 Å². The number of aromatic nitrogens is 4. The SMILES string of the molecule is CB1C=c2c(oc3ccccc23)=CN1c1cc(-c2ccccc2)c(C)c[n+]1C.CB1C=c2c(oc3ccccc23)=CN1c1cc(-c2ccccc2)cc[n+]1C.CB1C=c2c(oc3ccccc23)=CN1c1cc(C)c(-c2ccccc2)c[n+]1C.[2H]C([2H])([2H])C1=c2ccccc2=CN(c2cc(C([2H])([2H])C3CCCCC3)c3ccccc3[n+]2C)B1C. The monoisotopic (exact) mass is 1480 g/mol. The summed E-state index contributed by atoms with van der Waals surface area (Å²) >= 11 is 0. The highest BCUT2D eigenvalue weighted by atomic mass is 16.3. The molecule has 0 radical (unpaired) electrons. The van der Waals surface area contributed by atoms with Crippen molar-refractivity contribution in [2.75, 3.05) is 19.2 Å². The molecule has 0 spiro atoms. The Morgan fingerprint density at radius 3 is 1.42 bits per heavy atom. The Morgan fingerprint density at radius 2 is 0.876 bits per heavy atom. The van der Waals surface area contributed by atoms with Crippen molar-refractivity contribution < 1.29 is 38.4 Å². The average Bonchev–Trinajstić information content (AvgIpc) is 1.09. The van der Waals surface area contributed by atoms with E-state index in [1.54, 1.807) is 0 Å². The number of benzene rings is 8. The normalized spacial score (nSPS) is 15.2. The van der Waals surface area contributed by atoms with Crippen LogP contribution < -0.4 is 79.9 Å². The summed E-state index contributed by atoms with van der Waals surface area (Å²) in [4.78, 5) is 8.86. The fourth-order valence-electron chi connectivity index (χ4n) is 17.1. The summed E-state index contributed by atoms with van der Waals surface area (Å²) in [6, 6.07) is 82.8. The van der Waals surface area contributed by atoms with Crippen LogP contribution in [0.3, 0.4) is 0 Å². The van der Waals surface area contributed by atoms with Crippen LogP contribution in [0.2, 0.25) is 27.3 Å². The molecule has 8 aromatic carbocycles. The first-order valence-corrected chi connectivity index (χ1v) is 39.7. The van der Waals surface area contributed by atoms with Gasteiger partial charge < -0.3 is 13.3 Å². The number of rotatable bonds is 9. The lowest BCUT2D eigenvalue weighted by Crippen LogP contribution is -2.50. The zero-order chi connectivity index (χ0) is 81.8. The first kappa shape index (κ1) is 67.5. The Kier molecular flexibility index (Phi) is 18.8. The molecule has 15 heteroatoms. The van der Waals surface area contributed by atoms with Gasteiger partial charge in [0.2, 0.25) is 0 Å². The maximum absolute atomic E-state index is 9.26. The Balaban J connectivity index is 0.000000113. The van der Waals surface area contributed by atoms with Crippen LogP contribution in [0.15, 0.2) is 274 Å². The Bertz CT molecular complexity index is 6940. The van der Waals surface area contributed by atoms with E-state index >= 15 is 0 Å². The fourth-order valence-corrected chi connectivity index (χ4v) is 17.1. The fraction of sp³-hybridized carbons (Fsp3) is 0.184. The summed E-state index contributed by atoms with van der Waals surface area (Å²) in [6.07, 6.45) is 18.6. The van der Waals surface area contributed by atoms with Crippen molar-refractivity contribution in [2.24, 2.45) is 34.1 Å². The van der Waals surface area contributed by atoms with E-state index in [1.165, 1.54) is 82.7 Å². The molecule has 5 aliphatic rings. The Hall–Kier alpha value is -12.3. The summed E-state index contributed by atoms with van der Waals surface area (Å²) in [7, 11) is 8.27. The maximum Gasteiger partial charge on any atom is 0.405 e. The third kappa shape index (κ3) is 14.5. The van der Waals surface area contributed by atoms with E-state index in [4.69, 9.17) is 17.4 Å². The van der Waals surface area contributed by atoms with Gasteiger partial charge in [0.15, 0.2) is 16.2 Å². The number of nitrogens with zero attached hydrogens (tertiary/aromatic N) is 8. The number of aryl methyl sites for hydroxylation is 6. The lowest BCUT2D eigenvalue weighted by molar-refractivity contribution is -0.658. The largest absolute Gasteiger partial charge is 0.452 e. The van der Waals surface area contributed by atoms with Gasteiger partial charge in [-0.3, -0.25) is 19.2 Å². The number of para-hydroxylation sites is 4. The zero-order valence-electron chi connectivity index (χ0n) is 71.1. The van der Waals surface area contributed by atoms with Crippen molar-refractivity contribution >= 4 is 143 Å². The van der Waals surface area contributed by atoms with Crippen LogP contribution >= 0.6 is 0 Å². The van der Waals surface area contributed by atoms with E-state index in [-0.39, 0.29) is 26.5 Å². The molecule has 1 aliphatic carbocycles. The van der Waals surface area contributed by atoms with Gasteiger partial charge in [0.05, 0.1) is 53.0 Å². The second-order valence-corrected chi connectivity index (χ2v) is 30.8. The summed E-state index contributed by atoms with van der Waals surface area (Å²) in [6.45, 7) is 11.0. The number of hydrogen-bond acceptors (Lipinski definition) is 7. The topological polar surface area (TPSA) is 67.9 Å². The molecule has 15 aromatic rings. The zero-order valence-corrected chi connectivity index (χ0v) is 66.1. The first-order valence-electron chi connectivity index (χ1n) is 42.2. The van der Waals surface area contributed by atoms with Gasteiger partial charge in [-0.1, -0.05) is 238 Å². The van der Waals surface area contributed by atoms with Gasteiger partial charge in [0.25, 0.3) is 23.3 Å².